The van der Waals surface area contributed by atoms with Crippen LogP contribution in [0.2, 0.25) is 0 Å². The zero-order valence-corrected chi connectivity index (χ0v) is 20.3. The molecule has 1 aromatic rings. The number of thioether (sulfide) groups is 1. The summed E-state index contributed by atoms with van der Waals surface area (Å²) in [5.74, 6) is 2.29. The van der Waals surface area contributed by atoms with Crippen LogP contribution < -0.4 is 0 Å². The first-order valence-corrected chi connectivity index (χ1v) is 14.7. The average molecular weight is 475 g/mol. The average Bonchev–Trinajstić information content (AvgIpc) is 3.34. The number of hydrogen-bond donors (Lipinski definition) is 0. The van der Waals surface area contributed by atoms with Gasteiger partial charge in [-0.3, -0.25) is 4.79 Å². The van der Waals surface area contributed by atoms with E-state index in [4.69, 9.17) is 0 Å². The van der Waals surface area contributed by atoms with E-state index in [1.807, 2.05) is 17.8 Å². The van der Waals surface area contributed by atoms with Crippen molar-refractivity contribution in [2.24, 2.45) is 17.8 Å². The van der Waals surface area contributed by atoms with E-state index in [1.54, 1.807) is 28.6 Å². The number of carbonyl (C=O) groups excluding carboxylic acids is 1. The normalized spacial score (nSPS) is 30.1. The smallest absolute Gasteiger partial charge is 0.243 e. The standard InChI is InChI=1S/C25H34N2O3S2/c28-25(27-14-6-8-19-7-4-5-11-23(19)27)21-17-24(31-18-21)20-12-15-26(16-13-20)32(29,30)22-9-2-1-3-10-22/h1-3,9-10,17,19-21,23H,4-8,11-16,18H2. The maximum atomic E-state index is 13.4. The van der Waals surface area contributed by atoms with Gasteiger partial charge >= 0.3 is 0 Å². The van der Waals surface area contributed by atoms with Gasteiger partial charge in [0, 0.05) is 31.4 Å². The molecule has 3 aliphatic heterocycles. The molecule has 3 unspecified atom stereocenters. The number of carbonyl (C=O) groups is 1. The predicted molar refractivity (Wildman–Crippen MR) is 129 cm³/mol. The summed E-state index contributed by atoms with van der Waals surface area (Å²) in [4.78, 5) is 17.3. The summed E-state index contributed by atoms with van der Waals surface area (Å²) in [5, 5.41) is 0. The third-order valence-corrected chi connectivity index (χ3v) is 11.1. The molecule has 174 valence electrons. The van der Waals surface area contributed by atoms with Crippen LogP contribution in [-0.4, -0.2) is 55.0 Å². The first kappa shape index (κ1) is 22.5. The summed E-state index contributed by atoms with van der Waals surface area (Å²) in [5.41, 5.74) is 0. The number of piperidine rings is 2. The summed E-state index contributed by atoms with van der Waals surface area (Å²) in [6, 6.07) is 9.20. The van der Waals surface area contributed by atoms with Crippen molar-refractivity contribution in [3.05, 3.63) is 41.3 Å². The summed E-state index contributed by atoms with van der Waals surface area (Å²) >= 11 is 1.83. The Morgan fingerprint density at radius 1 is 0.906 bits per heavy atom. The van der Waals surface area contributed by atoms with Gasteiger partial charge in [-0.05, 0) is 67.4 Å². The minimum Gasteiger partial charge on any atom is -0.339 e. The Morgan fingerprint density at radius 3 is 2.41 bits per heavy atom. The van der Waals surface area contributed by atoms with E-state index in [0.29, 0.717) is 35.9 Å². The fourth-order valence-electron chi connectivity index (χ4n) is 6.11. The molecule has 7 heteroatoms. The number of allylic oxidation sites excluding steroid dienone is 1. The van der Waals surface area contributed by atoms with Gasteiger partial charge in [-0.15, -0.1) is 11.8 Å². The lowest BCUT2D eigenvalue weighted by atomic mass is 9.78. The summed E-state index contributed by atoms with van der Waals surface area (Å²) in [6.45, 7) is 2.03. The van der Waals surface area contributed by atoms with Crippen LogP contribution in [0.1, 0.15) is 51.4 Å². The third kappa shape index (κ3) is 4.40. The second-order valence-electron chi connectivity index (χ2n) is 9.76. The van der Waals surface area contributed by atoms with Crippen LogP contribution in [0.25, 0.3) is 0 Å². The van der Waals surface area contributed by atoms with Gasteiger partial charge in [0.2, 0.25) is 15.9 Å². The Kier molecular flexibility index (Phi) is 6.68. The first-order chi connectivity index (χ1) is 15.5. The van der Waals surface area contributed by atoms with Gasteiger partial charge in [-0.2, -0.15) is 4.31 Å². The Morgan fingerprint density at radius 2 is 1.62 bits per heavy atom. The SMILES string of the molecule is O=C(C1C=C(C2CCN(S(=O)(=O)c3ccccc3)CC2)SC1)N1CCCC2CCCCC21. The van der Waals surface area contributed by atoms with Crippen molar-refractivity contribution in [1.29, 1.82) is 0 Å². The van der Waals surface area contributed by atoms with Crippen molar-refractivity contribution < 1.29 is 13.2 Å². The number of fused-ring (bicyclic) bond motifs is 1. The molecule has 3 fully saturated rings. The zero-order valence-electron chi connectivity index (χ0n) is 18.7. The molecule has 3 heterocycles. The quantitative estimate of drug-likeness (QED) is 0.644. The number of likely N-dealkylation sites (tertiary alicyclic amines) is 1. The number of benzene rings is 1. The van der Waals surface area contributed by atoms with Crippen LogP contribution in [-0.2, 0) is 14.8 Å². The molecule has 1 aromatic carbocycles. The number of amides is 1. The van der Waals surface area contributed by atoms with Crippen LogP contribution in [0, 0.1) is 17.8 Å². The summed E-state index contributed by atoms with van der Waals surface area (Å²) in [6.07, 6.45) is 11.4. The maximum Gasteiger partial charge on any atom is 0.243 e. The van der Waals surface area contributed by atoms with Crippen molar-refractivity contribution in [2.45, 2.75) is 62.3 Å². The molecule has 1 aliphatic carbocycles. The zero-order chi connectivity index (χ0) is 22.1. The van der Waals surface area contributed by atoms with E-state index in [0.717, 1.165) is 37.5 Å². The Labute approximate surface area is 196 Å². The van der Waals surface area contributed by atoms with Gasteiger partial charge in [0.1, 0.15) is 0 Å². The number of rotatable bonds is 4. The van der Waals surface area contributed by atoms with Gasteiger partial charge in [0.15, 0.2) is 0 Å². The van der Waals surface area contributed by atoms with E-state index in [2.05, 4.69) is 11.0 Å². The van der Waals surface area contributed by atoms with Crippen molar-refractivity contribution in [2.75, 3.05) is 25.4 Å². The van der Waals surface area contributed by atoms with Crippen molar-refractivity contribution in [3.63, 3.8) is 0 Å². The van der Waals surface area contributed by atoms with E-state index < -0.39 is 10.0 Å². The minimum absolute atomic E-state index is 0.00163. The van der Waals surface area contributed by atoms with E-state index in [9.17, 15) is 13.2 Å². The van der Waals surface area contributed by atoms with Crippen LogP contribution in [0.15, 0.2) is 46.2 Å². The lowest BCUT2D eigenvalue weighted by molar-refractivity contribution is -0.139. The molecule has 5 rings (SSSR count). The lowest BCUT2D eigenvalue weighted by Gasteiger charge is -2.44. The minimum atomic E-state index is -3.41. The van der Waals surface area contributed by atoms with Gasteiger partial charge in [0.05, 0.1) is 10.8 Å². The second-order valence-corrected chi connectivity index (χ2v) is 12.8. The molecule has 5 nitrogen and oxygen atoms in total. The van der Waals surface area contributed by atoms with E-state index in [-0.39, 0.29) is 5.92 Å². The molecule has 1 saturated carbocycles. The molecule has 1 amide bonds. The lowest BCUT2D eigenvalue weighted by Crippen LogP contribution is -2.51. The van der Waals surface area contributed by atoms with Gasteiger partial charge in [-0.1, -0.05) is 37.1 Å². The maximum absolute atomic E-state index is 13.4. The second kappa shape index (κ2) is 9.51. The largest absolute Gasteiger partial charge is 0.339 e. The molecular formula is C25H34N2O3S2. The number of sulfonamides is 1. The summed E-state index contributed by atoms with van der Waals surface area (Å²) < 4.78 is 27.4. The van der Waals surface area contributed by atoms with Crippen LogP contribution >= 0.6 is 11.8 Å². The molecule has 0 radical (unpaired) electrons. The van der Waals surface area contributed by atoms with E-state index in [1.165, 1.54) is 37.0 Å². The molecule has 0 bridgehead atoms. The highest BCUT2D eigenvalue weighted by atomic mass is 32.2. The molecular weight excluding hydrogens is 440 g/mol. The van der Waals surface area contributed by atoms with Gasteiger partial charge in [-0.25, -0.2) is 8.42 Å². The van der Waals surface area contributed by atoms with Crippen molar-refractivity contribution >= 4 is 27.7 Å². The molecule has 0 spiro atoms. The number of hydrogen-bond acceptors (Lipinski definition) is 4. The highest BCUT2D eigenvalue weighted by Crippen LogP contribution is 2.42. The fourth-order valence-corrected chi connectivity index (χ4v) is 8.94. The molecule has 0 N–H and O–H groups in total. The molecule has 0 aromatic heterocycles. The predicted octanol–water partition coefficient (Wildman–Crippen LogP) is 4.52. The van der Waals surface area contributed by atoms with Crippen molar-refractivity contribution in [1.82, 2.24) is 9.21 Å². The van der Waals surface area contributed by atoms with Crippen LogP contribution in [0.5, 0.6) is 0 Å². The number of nitrogens with zero attached hydrogens (tertiary/aromatic N) is 2. The Bertz CT molecular complexity index is 953. The Hall–Kier alpha value is -1.31. The first-order valence-electron chi connectivity index (χ1n) is 12.2. The third-order valence-electron chi connectivity index (χ3n) is 7.88. The highest BCUT2D eigenvalue weighted by molar-refractivity contribution is 8.03. The highest BCUT2D eigenvalue weighted by Gasteiger charge is 2.39. The molecule has 4 aliphatic rings. The van der Waals surface area contributed by atoms with Crippen LogP contribution in [0.3, 0.4) is 0 Å². The topological polar surface area (TPSA) is 57.7 Å². The summed E-state index contributed by atoms with van der Waals surface area (Å²) in [7, 11) is -3.41. The Balaban J connectivity index is 1.20. The fraction of sp³-hybridized carbons (Fsp3) is 0.640. The van der Waals surface area contributed by atoms with Gasteiger partial charge < -0.3 is 4.90 Å². The van der Waals surface area contributed by atoms with E-state index >= 15 is 0 Å². The molecule has 32 heavy (non-hydrogen) atoms. The van der Waals surface area contributed by atoms with Gasteiger partial charge in [0.25, 0.3) is 0 Å². The monoisotopic (exact) mass is 474 g/mol. The molecule has 3 atom stereocenters. The molecule has 2 saturated heterocycles. The van der Waals surface area contributed by atoms with Crippen LogP contribution in [0.4, 0.5) is 0 Å². The van der Waals surface area contributed by atoms with Crippen molar-refractivity contribution in [3.8, 4) is 0 Å².